The largest absolute Gasteiger partial charge is 0.481 e. The Hall–Kier alpha value is -2.12. The number of urea groups is 1. The van der Waals surface area contributed by atoms with Crippen LogP contribution in [-0.2, 0) is 11.3 Å². The molecular formula is C12H19N5O3. The fourth-order valence-corrected chi connectivity index (χ4v) is 2.34. The number of hydrogen-bond donors (Lipinski definition) is 3. The second kappa shape index (κ2) is 6.88. The van der Waals surface area contributed by atoms with Crippen LogP contribution in [-0.4, -0.2) is 50.3 Å². The van der Waals surface area contributed by atoms with E-state index in [9.17, 15) is 9.59 Å². The third kappa shape index (κ3) is 4.22. The van der Waals surface area contributed by atoms with E-state index in [2.05, 4.69) is 20.5 Å². The Labute approximate surface area is 116 Å². The van der Waals surface area contributed by atoms with E-state index in [1.807, 2.05) is 0 Å². The van der Waals surface area contributed by atoms with Gasteiger partial charge in [0.15, 0.2) is 0 Å². The smallest absolute Gasteiger partial charge is 0.317 e. The summed E-state index contributed by atoms with van der Waals surface area (Å²) in [5.74, 6) is 0.274. The normalized spacial score (nSPS) is 16.1. The number of aliphatic carboxylic acids is 1. The summed E-state index contributed by atoms with van der Waals surface area (Å²) in [5.41, 5.74) is 0. The highest BCUT2D eigenvalue weighted by atomic mass is 16.4. The van der Waals surface area contributed by atoms with E-state index >= 15 is 0 Å². The molecule has 3 N–H and O–H groups in total. The van der Waals surface area contributed by atoms with E-state index in [1.165, 1.54) is 6.33 Å². The molecule has 0 atom stereocenters. The molecule has 20 heavy (non-hydrogen) atoms. The molecule has 0 saturated carbocycles. The third-order valence-electron chi connectivity index (χ3n) is 3.54. The van der Waals surface area contributed by atoms with E-state index in [1.54, 1.807) is 4.90 Å². The monoisotopic (exact) mass is 281 g/mol. The molecular weight excluding hydrogens is 262 g/mol. The van der Waals surface area contributed by atoms with Crippen molar-refractivity contribution in [1.82, 2.24) is 25.4 Å². The predicted octanol–water partition coefficient (Wildman–Crippen LogP) is 0.591. The first-order valence-electron chi connectivity index (χ1n) is 6.74. The average Bonchev–Trinajstić information content (AvgIpc) is 2.96. The Bertz CT molecular complexity index is 440. The Morgan fingerprint density at radius 1 is 1.45 bits per heavy atom. The topological polar surface area (TPSA) is 111 Å². The van der Waals surface area contributed by atoms with Gasteiger partial charge in [0.2, 0.25) is 0 Å². The molecule has 2 rings (SSSR count). The van der Waals surface area contributed by atoms with Gasteiger partial charge in [0.25, 0.3) is 0 Å². The lowest BCUT2D eigenvalue weighted by Gasteiger charge is -2.31. The van der Waals surface area contributed by atoms with Gasteiger partial charge < -0.3 is 15.3 Å². The molecule has 1 saturated heterocycles. The number of piperidine rings is 1. The number of carboxylic acids is 1. The Kier molecular flexibility index (Phi) is 4.91. The lowest BCUT2D eigenvalue weighted by atomic mass is 9.92. The second-order valence-electron chi connectivity index (χ2n) is 4.95. The fraction of sp³-hybridized carbons (Fsp3) is 0.667. The van der Waals surface area contributed by atoms with Crippen LogP contribution in [0.4, 0.5) is 4.79 Å². The maximum absolute atomic E-state index is 11.9. The number of amides is 2. The number of rotatable bonds is 5. The second-order valence-corrected chi connectivity index (χ2v) is 4.95. The molecule has 0 aliphatic carbocycles. The molecule has 0 aromatic carbocycles. The van der Waals surface area contributed by atoms with Gasteiger partial charge in [-0.1, -0.05) is 0 Å². The van der Waals surface area contributed by atoms with Crippen LogP contribution in [0.15, 0.2) is 6.33 Å². The molecule has 8 heteroatoms. The molecule has 1 aliphatic heterocycles. The molecule has 2 amide bonds. The van der Waals surface area contributed by atoms with E-state index < -0.39 is 5.97 Å². The summed E-state index contributed by atoms with van der Waals surface area (Å²) in [6.45, 7) is 1.68. The molecule has 0 radical (unpaired) electrons. The molecule has 1 fully saturated rings. The van der Waals surface area contributed by atoms with Crippen molar-refractivity contribution >= 4 is 12.0 Å². The molecule has 8 nitrogen and oxygen atoms in total. The summed E-state index contributed by atoms with van der Waals surface area (Å²) >= 11 is 0. The molecule has 2 heterocycles. The lowest BCUT2D eigenvalue weighted by Crippen LogP contribution is -2.44. The van der Waals surface area contributed by atoms with E-state index in [4.69, 9.17) is 5.11 Å². The molecule has 110 valence electrons. The Morgan fingerprint density at radius 3 is 2.80 bits per heavy atom. The average molecular weight is 281 g/mol. The van der Waals surface area contributed by atoms with Gasteiger partial charge in [-0.3, -0.25) is 9.89 Å². The van der Waals surface area contributed by atoms with Crippen LogP contribution in [0.25, 0.3) is 0 Å². The van der Waals surface area contributed by atoms with Crippen LogP contribution in [0.5, 0.6) is 0 Å². The van der Waals surface area contributed by atoms with Gasteiger partial charge in [-0.15, -0.1) is 0 Å². The quantitative estimate of drug-likeness (QED) is 0.731. The van der Waals surface area contributed by atoms with Crippen molar-refractivity contribution in [2.45, 2.75) is 32.2 Å². The van der Waals surface area contributed by atoms with Crippen molar-refractivity contribution in [2.75, 3.05) is 13.1 Å². The summed E-state index contributed by atoms with van der Waals surface area (Å²) < 4.78 is 0. The summed E-state index contributed by atoms with van der Waals surface area (Å²) in [6, 6.07) is -0.113. The Balaban J connectivity index is 1.67. The number of carbonyl (C=O) groups is 2. The van der Waals surface area contributed by atoms with Gasteiger partial charge in [-0.2, -0.15) is 5.10 Å². The van der Waals surface area contributed by atoms with Crippen LogP contribution < -0.4 is 5.32 Å². The number of carboxylic acid groups (broad SMARTS) is 1. The fourth-order valence-electron chi connectivity index (χ4n) is 2.34. The van der Waals surface area contributed by atoms with Crippen LogP contribution >= 0.6 is 0 Å². The number of nitrogens with one attached hydrogen (secondary N) is 2. The summed E-state index contributed by atoms with van der Waals surface area (Å²) in [7, 11) is 0. The van der Waals surface area contributed by atoms with Gasteiger partial charge in [0.1, 0.15) is 12.2 Å². The Morgan fingerprint density at radius 2 is 2.20 bits per heavy atom. The van der Waals surface area contributed by atoms with Crippen molar-refractivity contribution in [3.05, 3.63) is 12.2 Å². The van der Waals surface area contributed by atoms with Gasteiger partial charge in [0.05, 0.1) is 6.54 Å². The maximum Gasteiger partial charge on any atom is 0.317 e. The highest BCUT2D eigenvalue weighted by Gasteiger charge is 2.23. The SMILES string of the molecule is O=C(O)CCC1CCN(C(=O)NCc2ncn[nH]2)CC1. The zero-order chi connectivity index (χ0) is 14.4. The van der Waals surface area contributed by atoms with Crippen molar-refractivity contribution < 1.29 is 14.7 Å². The minimum absolute atomic E-state index is 0.113. The van der Waals surface area contributed by atoms with E-state index in [-0.39, 0.29) is 12.5 Å². The number of likely N-dealkylation sites (tertiary alicyclic amines) is 1. The molecule has 1 aliphatic rings. The highest BCUT2D eigenvalue weighted by molar-refractivity contribution is 5.74. The first kappa shape index (κ1) is 14.3. The zero-order valence-electron chi connectivity index (χ0n) is 11.2. The third-order valence-corrected chi connectivity index (χ3v) is 3.54. The number of hydrogen-bond acceptors (Lipinski definition) is 4. The first-order chi connectivity index (χ1) is 9.65. The van der Waals surface area contributed by atoms with Gasteiger partial charge in [0, 0.05) is 19.5 Å². The number of nitrogens with zero attached hydrogens (tertiary/aromatic N) is 3. The predicted molar refractivity (Wildman–Crippen MR) is 69.8 cm³/mol. The maximum atomic E-state index is 11.9. The van der Waals surface area contributed by atoms with Gasteiger partial charge in [-0.25, -0.2) is 9.78 Å². The number of aromatic amines is 1. The molecule has 1 aromatic rings. The molecule has 0 unspecified atom stereocenters. The lowest BCUT2D eigenvalue weighted by molar-refractivity contribution is -0.137. The summed E-state index contributed by atoms with van der Waals surface area (Å²) in [5, 5.41) is 17.8. The van der Waals surface area contributed by atoms with Crippen molar-refractivity contribution in [3.8, 4) is 0 Å². The van der Waals surface area contributed by atoms with Crippen molar-refractivity contribution in [2.24, 2.45) is 5.92 Å². The minimum atomic E-state index is -0.753. The first-order valence-corrected chi connectivity index (χ1v) is 6.74. The number of aromatic nitrogens is 3. The zero-order valence-corrected chi connectivity index (χ0v) is 11.2. The van der Waals surface area contributed by atoms with E-state index in [0.29, 0.717) is 37.8 Å². The standard InChI is InChI=1S/C12H19N5O3/c18-11(19)2-1-9-3-5-17(6-4-9)12(20)13-7-10-14-8-15-16-10/h8-9H,1-7H2,(H,13,20)(H,18,19)(H,14,15,16). The number of H-pyrrole nitrogens is 1. The molecule has 1 aromatic heterocycles. The van der Waals surface area contributed by atoms with Gasteiger partial charge in [-0.05, 0) is 25.2 Å². The van der Waals surface area contributed by atoms with Crippen molar-refractivity contribution in [3.63, 3.8) is 0 Å². The number of carbonyl (C=O) groups excluding carboxylic acids is 1. The van der Waals surface area contributed by atoms with Crippen LogP contribution in [0, 0.1) is 5.92 Å². The highest BCUT2D eigenvalue weighted by Crippen LogP contribution is 2.21. The molecule has 0 spiro atoms. The summed E-state index contributed by atoms with van der Waals surface area (Å²) in [6.07, 6.45) is 4.03. The van der Waals surface area contributed by atoms with Crippen molar-refractivity contribution in [1.29, 1.82) is 0 Å². The minimum Gasteiger partial charge on any atom is -0.481 e. The van der Waals surface area contributed by atoms with Crippen LogP contribution in [0.3, 0.4) is 0 Å². The van der Waals surface area contributed by atoms with Crippen LogP contribution in [0.2, 0.25) is 0 Å². The molecule has 0 bridgehead atoms. The van der Waals surface area contributed by atoms with E-state index in [0.717, 1.165) is 12.8 Å². The van der Waals surface area contributed by atoms with Gasteiger partial charge >= 0.3 is 12.0 Å². The summed E-state index contributed by atoms with van der Waals surface area (Å²) in [4.78, 5) is 28.1. The van der Waals surface area contributed by atoms with Crippen LogP contribution in [0.1, 0.15) is 31.5 Å².